The molecule has 2 heterocycles. The lowest BCUT2D eigenvalue weighted by Crippen LogP contribution is -2.24. The van der Waals surface area contributed by atoms with Gasteiger partial charge >= 0.3 is 0 Å². The van der Waals surface area contributed by atoms with Crippen LogP contribution < -0.4 is 5.32 Å². The van der Waals surface area contributed by atoms with Crippen molar-refractivity contribution < 1.29 is 9.21 Å². The van der Waals surface area contributed by atoms with Crippen LogP contribution in [0.3, 0.4) is 0 Å². The molecule has 4 aromatic rings. The second-order valence-corrected chi connectivity index (χ2v) is 8.21. The summed E-state index contributed by atoms with van der Waals surface area (Å²) in [6.45, 7) is 2.49. The van der Waals surface area contributed by atoms with E-state index < -0.39 is 0 Å². The zero-order chi connectivity index (χ0) is 22.3. The molecule has 158 valence electrons. The van der Waals surface area contributed by atoms with Crippen LogP contribution in [-0.2, 0) is 11.3 Å². The summed E-state index contributed by atoms with van der Waals surface area (Å²) < 4.78 is 5.57. The summed E-state index contributed by atoms with van der Waals surface area (Å²) >= 11 is 1.25. The molecule has 0 aliphatic rings. The topological polar surface area (TPSA) is 78.9 Å². The Bertz CT molecular complexity index is 1240. The first-order valence-corrected chi connectivity index (χ1v) is 11.1. The van der Waals surface area contributed by atoms with Crippen LogP contribution in [0, 0.1) is 18.3 Å². The molecule has 0 aliphatic heterocycles. The van der Waals surface area contributed by atoms with E-state index in [1.54, 1.807) is 12.3 Å². The lowest BCUT2D eigenvalue weighted by atomic mass is 10.0. The molecule has 32 heavy (non-hydrogen) atoms. The van der Waals surface area contributed by atoms with Crippen molar-refractivity contribution in [2.24, 2.45) is 0 Å². The van der Waals surface area contributed by atoms with Gasteiger partial charge in [-0.15, -0.1) is 0 Å². The van der Waals surface area contributed by atoms with Gasteiger partial charge in [0.15, 0.2) is 0 Å². The summed E-state index contributed by atoms with van der Waals surface area (Å²) in [6, 6.07) is 25.5. The van der Waals surface area contributed by atoms with Crippen molar-refractivity contribution in [2.45, 2.75) is 18.5 Å². The van der Waals surface area contributed by atoms with Crippen LogP contribution >= 0.6 is 11.8 Å². The van der Waals surface area contributed by atoms with Gasteiger partial charge in [0.25, 0.3) is 0 Å². The average Bonchev–Trinajstić information content (AvgIpc) is 3.37. The van der Waals surface area contributed by atoms with E-state index in [9.17, 15) is 10.1 Å². The second kappa shape index (κ2) is 9.99. The van der Waals surface area contributed by atoms with Crippen molar-refractivity contribution in [2.75, 3.05) is 5.75 Å². The number of hydrogen-bond acceptors (Lipinski definition) is 5. The number of benzene rings is 2. The Morgan fingerprint density at radius 1 is 1.09 bits per heavy atom. The van der Waals surface area contributed by atoms with Gasteiger partial charge in [-0.2, -0.15) is 5.26 Å². The Kier molecular flexibility index (Phi) is 6.69. The summed E-state index contributed by atoms with van der Waals surface area (Å²) in [6.07, 6.45) is 1.58. The predicted molar refractivity (Wildman–Crippen MR) is 126 cm³/mol. The van der Waals surface area contributed by atoms with Crippen molar-refractivity contribution in [1.29, 1.82) is 5.26 Å². The van der Waals surface area contributed by atoms with Crippen LogP contribution in [0.15, 0.2) is 88.5 Å². The lowest BCUT2D eigenvalue weighted by molar-refractivity contribution is -0.118. The van der Waals surface area contributed by atoms with E-state index in [2.05, 4.69) is 11.4 Å². The normalized spacial score (nSPS) is 10.5. The van der Waals surface area contributed by atoms with Crippen molar-refractivity contribution in [3.63, 3.8) is 0 Å². The summed E-state index contributed by atoms with van der Waals surface area (Å²) in [5, 5.41) is 13.3. The Morgan fingerprint density at radius 2 is 1.88 bits per heavy atom. The Morgan fingerprint density at radius 3 is 2.56 bits per heavy atom. The van der Waals surface area contributed by atoms with Crippen LogP contribution in [0.5, 0.6) is 0 Å². The van der Waals surface area contributed by atoms with Gasteiger partial charge in [-0.05, 0) is 30.7 Å². The number of hydrogen-bond donors (Lipinski definition) is 1. The zero-order valence-electron chi connectivity index (χ0n) is 17.5. The first-order chi connectivity index (χ1) is 15.6. The van der Waals surface area contributed by atoms with Gasteiger partial charge in [0, 0.05) is 17.7 Å². The first kappa shape index (κ1) is 21.4. The number of rotatable bonds is 7. The molecule has 5 nitrogen and oxygen atoms in total. The zero-order valence-corrected chi connectivity index (χ0v) is 18.4. The number of carbonyl (C=O) groups is 1. The summed E-state index contributed by atoms with van der Waals surface area (Å²) in [4.78, 5) is 17.2. The Hall–Kier alpha value is -3.82. The minimum Gasteiger partial charge on any atom is -0.464 e. The fraction of sp³-hybridized carbons (Fsp3) is 0.115. The Labute approximate surface area is 191 Å². The van der Waals surface area contributed by atoms with E-state index in [0.29, 0.717) is 28.5 Å². The number of aromatic nitrogens is 1. The number of pyridine rings is 1. The molecule has 0 aliphatic carbocycles. The molecule has 2 aromatic heterocycles. The molecule has 0 atom stereocenters. The second-order valence-electron chi connectivity index (χ2n) is 7.24. The van der Waals surface area contributed by atoms with Crippen LogP contribution in [0.2, 0.25) is 0 Å². The van der Waals surface area contributed by atoms with E-state index in [4.69, 9.17) is 9.40 Å². The molecule has 1 N–H and O–H groups in total. The summed E-state index contributed by atoms with van der Waals surface area (Å²) in [7, 11) is 0. The Balaban J connectivity index is 1.60. The SMILES string of the molecule is Cc1ccc(-c2cc(-c3ccco3)c(C#N)c(SCC(=O)NCc3ccccc3)n2)cc1. The molecule has 0 spiro atoms. The van der Waals surface area contributed by atoms with E-state index in [1.807, 2.05) is 73.7 Å². The van der Waals surface area contributed by atoms with Crippen LogP contribution in [0.1, 0.15) is 16.7 Å². The number of aryl methyl sites for hydroxylation is 1. The van der Waals surface area contributed by atoms with Crippen molar-refractivity contribution in [1.82, 2.24) is 10.3 Å². The molecular weight excluding hydrogens is 418 g/mol. The standard InChI is InChI=1S/C26H21N3O2S/c1-18-9-11-20(12-10-18)23-14-21(24-8-5-13-31-24)22(15-27)26(29-23)32-17-25(30)28-16-19-6-3-2-4-7-19/h2-14H,16-17H2,1H3,(H,28,30). The third-order valence-corrected chi connectivity index (χ3v) is 5.88. The number of carbonyl (C=O) groups excluding carboxylic acids is 1. The minimum atomic E-state index is -0.121. The van der Waals surface area contributed by atoms with Gasteiger partial charge < -0.3 is 9.73 Å². The highest BCUT2D eigenvalue weighted by Crippen LogP contribution is 2.34. The quantitative estimate of drug-likeness (QED) is 0.379. The van der Waals surface area contributed by atoms with Gasteiger partial charge in [0.1, 0.15) is 16.9 Å². The maximum Gasteiger partial charge on any atom is 0.230 e. The predicted octanol–water partition coefficient (Wildman–Crippen LogP) is 5.60. The molecular formula is C26H21N3O2S. The molecule has 2 aromatic carbocycles. The maximum atomic E-state index is 12.4. The van der Waals surface area contributed by atoms with Gasteiger partial charge in [-0.1, -0.05) is 71.9 Å². The highest BCUT2D eigenvalue weighted by atomic mass is 32.2. The van der Waals surface area contributed by atoms with Gasteiger partial charge in [-0.25, -0.2) is 4.98 Å². The smallest absolute Gasteiger partial charge is 0.230 e. The van der Waals surface area contributed by atoms with Crippen LogP contribution in [0.25, 0.3) is 22.6 Å². The van der Waals surface area contributed by atoms with E-state index in [0.717, 1.165) is 22.4 Å². The molecule has 1 amide bonds. The summed E-state index contributed by atoms with van der Waals surface area (Å²) in [5.74, 6) is 0.626. The molecule has 0 saturated heterocycles. The molecule has 0 fully saturated rings. The number of furan rings is 1. The molecule has 0 radical (unpaired) electrons. The van der Waals surface area contributed by atoms with Crippen molar-refractivity contribution in [3.05, 3.63) is 95.7 Å². The average molecular weight is 440 g/mol. The number of nitrogens with one attached hydrogen (secondary N) is 1. The molecule has 0 saturated carbocycles. The van der Waals surface area contributed by atoms with E-state index >= 15 is 0 Å². The van der Waals surface area contributed by atoms with Crippen LogP contribution in [0.4, 0.5) is 0 Å². The fourth-order valence-electron chi connectivity index (χ4n) is 3.21. The highest BCUT2D eigenvalue weighted by molar-refractivity contribution is 8.00. The number of thioether (sulfide) groups is 1. The highest BCUT2D eigenvalue weighted by Gasteiger charge is 2.18. The third-order valence-electron chi connectivity index (χ3n) is 4.90. The van der Waals surface area contributed by atoms with Crippen molar-refractivity contribution in [3.8, 4) is 28.7 Å². The van der Waals surface area contributed by atoms with Crippen molar-refractivity contribution >= 4 is 17.7 Å². The summed E-state index contributed by atoms with van der Waals surface area (Å²) in [5.41, 5.74) is 4.90. The van der Waals surface area contributed by atoms with Crippen LogP contribution in [-0.4, -0.2) is 16.6 Å². The number of nitriles is 1. The third kappa shape index (κ3) is 5.08. The number of nitrogens with zero attached hydrogens (tertiary/aromatic N) is 2. The largest absolute Gasteiger partial charge is 0.464 e. The molecule has 0 unspecified atom stereocenters. The lowest BCUT2D eigenvalue weighted by Gasteiger charge is -2.11. The van der Waals surface area contributed by atoms with Gasteiger partial charge in [0.2, 0.25) is 5.91 Å². The van der Waals surface area contributed by atoms with Gasteiger partial charge in [0.05, 0.1) is 23.3 Å². The van der Waals surface area contributed by atoms with Gasteiger partial charge in [-0.3, -0.25) is 4.79 Å². The number of amides is 1. The fourth-order valence-corrected chi connectivity index (χ4v) is 4.05. The minimum absolute atomic E-state index is 0.121. The van der Waals surface area contributed by atoms with E-state index in [1.165, 1.54) is 11.8 Å². The first-order valence-electron chi connectivity index (χ1n) is 10.1. The molecule has 0 bridgehead atoms. The molecule has 6 heteroatoms. The molecule has 4 rings (SSSR count). The monoisotopic (exact) mass is 439 g/mol. The van der Waals surface area contributed by atoms with E-state index in [-0.39, 0.29) is 11.7 Å². The maximum absolute atomic E-state index is 12.4.